The predicted molar refractivity (Wildman–Crippen MR) is 54.2 cm³/mol. The minimum atomic E-state index is -0.116. The first-order valence-electron chi connectivity index (χ1n) is 4.01. The fourth-order valence-electron chi connectivity index (χ4n) is 0.866. The van der Waals surface area contributed by atoms with E-state index in [0.29, 0.717) is 5.57 Å². The van der Waals surface area contributed by atoms with Gasteiger partial charge >= 0.3 is 0 Å². The number of aliphatic hydroxyl groups excluding tert-OH is 1. The average Bonchev–Trinajstić information content (AvgIpc) is 2.82. The summed E-state index contributed by atoms with van der Waals surface area (Å²) < 4.78 is 0. The van der Waals surface area contributed by atoms with Gasteiger partial charge < -0.3 is 10.8 Å². The van der Waals surface area contributed by atoms with Crippen molar-refractivity contribution in [2.24, 2.45) is 5.73 Å². The molecular weight excluding hydrogens is 218 g/mol. The molecule has 0 radical (unpaired) electrons. The zero-order valence-electron chi connectivity index (χ0n) is 7.57. The van der Waals surface area contributed by atoms with Gasteiger partial charge in [-0.05, 0) is 12.2 Å². The molecule has 2 rings (SSSR count). The molecule has 0 heterocycles. The number of hydrogen-bond acceptors (Lipinski definition) is 2. The van der Waals surface area contributed by atoms with E-state index in [1.54, 1.807) is 12.2 Å². The van der Waals surface area contributed by atoms with Crippen LogP contribution in [-0.4, -0.2) is 5.11 Å². The van der Waals surface area contributed by atoms with E-state index < -0.39 is 0 Å². The SMILES string of the molecule is NC(O)=C1C=CC=C1.[Fe].c1cc[cH-]c1. The Kier molecular flexibility index (Phi) is 6.46. The van der Waals surface area contributed by atoms with Gasteiger partial charge in [0.1, 0.15) is 0 Å². The van der Waals surface area contributed by atoms with E-state index in [2.05, 4.69) is 0 Å². The second kappa shape index (κ2) is 7.13. The van der Waals surface area contributed by atoms with Crippen LogP contribution in [0.25, 0.3) is 0 Å². The molecule has 0 aromatic heterocycles. The maximum absolute atomic E-state index is 8.61. The van der Waals surface area contributed by atoms with E-state index in [9.17, 15) is 0 Å². The molecule has 0 fully saturated rings. The summed E-state index contributed by atoms with van der Waals surface area (Å²) in [6, 6.07) is 10.0. The number of hydrogen-bond donors (Lipinski definition) is 2. The molecule has 0 unspecified atom stereocenters. The van der Waals surface area contributed by atoms with Gasteiger partial charge in [0.15, 0.2) is 5.88 Å². The molecule has 1 aromatic carbocycles. The third-order valence-corrected chi connectivity index (χ3v) is 1.51. The Bertz CT molecular complexity index is 288. The van der Waals surface area contributed by atoms with Crippen LogP contribution in [-0.2, 0) is 17.1 Å². The van der Waals surface area contributed by atoms with Crippen LogP contribution in [0.1, 0.15) is 0 Å². The van der Waals surface area contributed by atoms with Gasteiger partial charge in [-0.3, -0.25) is 0 Å². The maximum atomic E-state index is 8.61. The summed E-state index contributed by atoms with van der Waals surface area (Å²) in [4.78, 5) is 0. The summed E-state index contributed by atoms with van der Waals surface area (Å²) in [6.45, 7) is 0. The molecule has 1 aromatic rings. The van der Waals surface area contributed by atoms with Crippen molar-refractivity contribution >= 4 is 0 Å². The van der Waals surface area contributed by atoms with Gasteiger partial charge in [0.25, 0.3) is 0 Å². The van der Waals surface area contributed by atoms with Crippen LogP contribution in [0.5, 0.6) is 0 Å². The smallest absolute Gasteiger partial charge is 0.188 e. The van der Waals surface area contributed by atoms with Crippen molar-refractivity contribution < 1.29 is 22.2 Å². The first-order chi connectivity index (χ1) is 6.30. The second-order valence-electron chi connectivity index (χ2n) is 2.52. The molecule has 0 saturated carbocycles. The van der Waals surface area contributed by atoms with Crippen molar-refractivity contribution in [3.05, 3.63) is 66.1 Å². The normalized spacial score (nSPS) is 11.6. The zero-order valence-corrected chi connectivity index (χ0v) is 8.68. The summed E-state index contributed by atoms with van der Waals surface area (Å²) >= 11 is 0. The van der Waals surface area contributed by atoms with Crippen LogP contribution >= 0.6 is 0 Å². The topological polar surface area (TPSA) is 46.2 Å². The molecule has 1 aliphatic rings. The second-order valence-corrected chi connectivity index (χ2v) is 2.52. The minimum absolute atomic E-state index is 0. The van der Waals surface area contributed by atoms with E-state index in [4.69, 9.17) is 10.8 Å². The Morgan fingerprint density at radius 1 is 1.14 bits per heavy atom. The first kappa shape index (κ1) is 12.7. The summed E-state index contributed by atoms with van der Waals surface area (Å²) in [6.07, 6.45) is 7.13. The van der Waals surface area contributed by atoms with Gasteiger partial charge in [0.2, 0.25) is 0 Å². The van der Waals surface area contributed by atoms with Crippen molar-refractivity contribution in [3.63, 3.8) is 0 Å². The average molecular weight is 230 g/mol. The monoisotopic (exact) mass is 230 g/mol. The van der Waals surface area contributed by atoms with Crippen molar-refractivity contribution in [2.45, 2.75) is 0 Å². The van der Waals surface area contributed by atoms with Gasteiger partial charge in [-0.25, -0.2) is 12.1 Å². The molecule has 14 heavy (non-hydrogen) atoms. The van der Waals surface area contributed by atoms with Gasteiger partial charge in [-0.1, -0.05) is 12.2 Å². The Labute approximate surface area is 94.3 Å². The molecule has 0 bridgehead atoms. The van der Waals surface area contributed by atoms with Crippen LogP contribution in [0.15, 0.2) is 66.1 Å². The Balaban J connectivity index is 0.000000246. The molecule has 0 atom stereocenters. The van der Waals surface area contributed by atoms with Crippen molar-refractivity contribution in [1.29, 1.82) is 0 Å². The van der Waals surface area contributed by atoms with E-state index in [1.165, 1.54) is 0 Å². The third kappa shape index (κ3) is 4.65. The summed E-state index contributed by atoms with van der Waals surface area (Å²) in [5.41, 5.74) is 5.72. The minimum Gasteiger partial charge on any atom is -0.495 e. The molecule has 3 N–H and O–H groups in total. The zero-order chi connectivity index (χ0) is 9.52. The molecule has 1 aliphatic carbocycles. The molecule has 0 amide bonds. The van der Waals surface area contributed by atoms with Gasteiger partial charge in [-0.2, -0.15) is 18.2 Å². The van der Waals surface area contributed by atoms with E-state index in [1.807, 2.05) is 42.5 Å². The van der Waals surface area contributed by atoms with Gasteiger partial charge in [0, 0.05) is 22.6 Å². The quantitative estimate of drug-likeness (QED) is 0.408. The van der Waals surface area contributed by atoms with Gasteiger partial charge in [0.05, 0.1) is 0 Å². The fourth-order valence-corrected chi connectivity index (χ4v) is 0.866. The van der Waals surface area contributed by atoms with Crippen LogP contribution in [0, 0.1) is 0 Å². The standard InChI is InChI=1S/C6H7NO.C5H5.Fe/c7-6(8)5-3-1-2-4-5;1-2-4-5-3-1;/h1-4,8H,7H2;1-5H;/q;-1;. The van der Waals surface area contributed by atoms with E-state index in [-0.39, 0.29) is 23.0 Å². The van der Waals surface area contributed by atoms with E-state index >= 15 is 0 Å². The van der Waals surface area contributed by atoms with Crippen LogP contribution in [0.4, 0.5) is 0 Å². The number of aliphatic hydroxyl groups is 1. The number of allylic oxidation sites excluding steroid dienone is 5. The van der Waals surface area contributed by atoms with Crippen molar-refractivity contribution in [1.82, 2.24) is 0 Å². The molecule has 0 aliphatic heterocycles. The molecule has 0 saturated heterocycles. The van der Waals surface area contributed by atoms with Crippen LogP contribution in [0.3, 0.4) is 0 Å². The fraction of sp³-hybridized carbons (Fsp3) is 0. The van der Waals surface area contributed by atoms with Crippen molar-refractivity contribution in [2.75, 3.05) is 0 Å². The van der Waals surface area contributed by atoms with Crippen LogP contribution in [0.2, 0.25) is 0 Å². The third-order valence-electron chi connectivity index (χ3n) is 1.51. The number of rotatable bonds is 0. The Morgan fingerprint density at radius 3 is 1.86 bits per heavy atom. The first-order valence-corrected chi connectivity index (χ1v) is 4.01. The maximum Gasteiger partial charge on any atom is 0.188 e. The predicted octanol–water partition coefficient (Wildman–Crippen LogP) is 2.24. The molecule has 76 valence electrons. The molecular formula is C11H12FeNO-. The molecule has 3 heteroatoms. The van der Waals surface area contributed by atoms with Crippen LogP contribution < -0.4 is 5.73 Å². The molecule has 0 spiro atoms. The van der Waals surface area contributed by atoms with E-state index in [0.717, 1.165) is 0 Å². The number of nitrogens with two attached hydrogens (primary N) is 1. The Hall–Kier alpha value is -1.31. The largest absolute Gasteiger partial charge is 0.495 e. The van der Waals surface area contributed by atoms with Gasteiger partial charge in [-0.15, -0.1) is 0 Å². The van der Waals surface area contributed by atoms with Crippen molar-refractivity contribution in [3.8, 4) is 0 Å². The summed E-state index contributed by atoms with van der Waals surface area (Å²) in [5.74, 6) is -0.116. The Morgan fingerprint density at radius 2 is 1.64 bits per heavy atom. The summed E-state index contributed by atoms with van der Waals surface area (Å²) in [7, 11) is 0. The molecule has 2 nitrogen and oxygen atoms in total. The summed E-state index contributed by atoms with van der Waals surface area (Å²) in [5, 5.41) is 8.61.